The highest BCUT2D eigenvalue weighted by atomic mass is 35.5. The Morgan fingerprint density at radius 1 is 1.09 bits per heavy atom. The Bertz CT molecular complexity index is 691. The van der Waals surface area contributed by atoms with E-state index in [1.54, 1.807) is 24.3 Å². The Balaban J connectivity index is 2.01. The number of rotatable bonds is 4. The fourth-order valence-corrected chi connectivity index (χ4v) is 2.38. The van der Waals surface area contributed by atoms with Crippen molar-refractivity contribution in [2.45, 2.75) is 19.8 Å². The molecule has 0 saturated carbocycles. The zero-order valence-corrected chi connectivity index (χ0v) is 13.9. The van der Waals surface area contributed by atoms with Gasteiger partial charge in [0.05, 0.1) is 10.7 Å². The molecule has 4 heteroatoms. The molecule has 2 aromatic carbocycles. The maximum atomic E-state index is 11.9. The van der Waals surface area contributed by atoms with Crippen molar-refractivity contribution in [2.24, 2.45) is 0 Å². The first-order valence-corrected chi connectivity index (χ1v) is 7.75. The van der Waals surface area contributed by atoms with Gasteiger partial charge in [-0.2, -0.15) is 0 Å². The second-order valence-electron chi connectivity index (χ2n) is 5.27. The van der Waals surface area contributed by atoms with Crippen LogP contribution in [0.3, 0.4) is 0 Å². The molecule has 2 aromatic rings. The third-order valence-corrected chi connectivity index (χ3v) is 3.77. The molecule has 0 fully saturated rings. The molecule has 2 rings (SSSR count). The lowest BCUT2D eigenvalue weighted by Crippen LogP contribution is -2.08. The van der Waals surface area contributed by atoms with Gasteiger partial charge in [-0.3, -0.25) is 4.79 Å². The van der Waals surface area contributed by atoms with Gasteiger partial charge < -0.3 is 5.32 Å². The SMILES string of the molecule is CC(C)c1ccc(/C=C/C(=O)Nc2ccc(Cl)cc2Cl)cc1. The summed E-state index contributed by atoms with van der Waals surface area (Å²) in [4.78, 5) is 11.9. The van der Waals surface area contributed by atoms with Gasteiger partial charge in [-0.1, -0.05) is 61.3 Å². The molecule has 0 bridgehead atoms. The van der Waals surface area contributed by atoms with Crippen molar-refractivity contribution in [3.8, 4) is 0 Å². The summed E-state index contributed by atoms with van der Waals surface area (Å²) < 4.78 is 0. The molecule has 114 valence electrons. The van der Waals surface area contributed by atoms with E-state index in [2.05, 4.69) is 31.3 Å². The lowest BCUT2D eigenvalue weighted by Gasteiger charge is -2.06. The lowest BCUT2D eigenvalue weighted by atomic mass is 10.0. The molecule has 0 aromatic heterocycles. The largest absolute Gasteiger partial charge is 0.321 e. The van der Waals surface area contributed by atoms with E-state index in [0.29, 0.717) is 21.7 Å². The van der Waals surface area contributed by atoms with Crippen LogP contribution in [-0.2, 0) is 4.79 Å². The summed E-state index contributed by atoms with van der Waals surface area (Å²) in [7, 11) is 0. The Hall–Kier alpha value is -1.77. The van der Waals surface area contributed by atoms with Gasteiger partial charge in [0.15, 0.2) is 0 Å². The molecule has 1 amide bonds. The molecule has 0 unspecified atom stereocenters. The Labute approximate surface area is 140 Å². The zero-order chi connectivity index (χ0) is 16.1. The molecule has 0 heterocycles. The summed E-state index contributed by atoms with van der Waals surface area (Å²) in [5, 5.41) is 3.66. The smallest absolute Gasteiger partial charge is 0.248 e. The van der Waals surface area contributed by atoms with Crippen molar-refractivity contribution in [1.29, 1.82) is 0 Å². The minimum atomic E-state index is -0.239. The molecular formula is C18H17Cl2NO. The van der Waals surface area contributed by atoms with Gasteiger partial charge in [-0.15, -0.1) is 0 Å². The standard InChI is InChI=1S/C18H17Cl2NO/c1-12(2)14-6-3-13(4-7-14)5-10-18(22)21-17-9-8-15(19)11-16(17)20/h3-12H,1-2H3,(H,21,22)/b10-5+. The molecule has 0 aliphatic carbocycles. The average molecular weight is 334 g/mol. The molecule has 0 spiro atoms. The van der Waals surface area contributed by atoms with E-state index in [0.717, 1.165) is 5.56 Å². The maximum Gasteiger partial charge on any atom is 0.248 e. The highest BCUT2D eigenvalue weighted by Gasteiger charge is 2.04. The first-order chi connectivity index (χ1) is 10.5. The number of carbonyl (C=O) groups is 1. The zero-order valence-electron chi connectivity index (χ0n) is 12.4. The molecule has 0 saturated heterocycles. The van der Waals surface area contributed by atoms with E-state index in [4.69, 9.17) is 23.2 Å². The van der Waals surface area contributed by atoms with E-state index in [1.165, 1.54) is 11.6 Å². The summed E-state index contributed by atoms with van der Waals surface area (Å²) in [6, 6.07) is 13.1. The van der Waals surface area contributed by atoms with E-state index in [9.17, 15) is 4.79 Å². The predicted octanol–water partition coefficient (Wildman–Crippen LogP) is 5.77. The van der Waals surface area contributed by atoms with Gasteiger partial charge in [0, 0.05) is 11.1 Å². The summed E-state index contributed by atoms with van der Waals surface area (Å²) in [6.45, 7) is 4.29. The molecule has 1 N–H and O–H groups in total. The summed E-state index contributed by atoms with van der Waals surface area (Å²) >= 11 is 11.8. The highest BCUT2D eigenvalue weighted by molar-refractivity contribution is 6.36. The Morgan fingerprint density at radius 2 is 1.77 bits per heavy atom. The van der Waals surface area contributed by atoms with Crippen LogP contribution < -0.4 is 5.32 Å². The minimum Gasteiger partial charge on any atom is -0.321 e. The van der Waals surface area contributed by atoms with Gasteiger partial charge in [0.25, 0.3) is 0 Å². The van der Waals surface area contributed by atoms with E-state index < -0.39 is 0 Å². The van der Waals surface area contributed by atoms with Crippen molar-refractivity contribution >= 4 is 40.9 Å². The van der Waals surface area contributed by atoms with Crippen LogP contribution in [0, 0.1) is 0 Å². The average Bonchev–Trinajstić information content (AvgIpc) is 2.48. The van der Waals surface area contributed by atoms with E-state index in [1.807, 2.05) is 12.1 Å². The van der Waals surface area contributed by atoms with Crippen LogP contribution >= 0.6 is 23.2 Å². The molecule has 0 aliphatic heterocycles. The maximum absolute atomic E-state index is 11.9. The fraction of sp³-hybridized carbons (Fsp3) is 0.167. The van der Waals surface area contributed by atoms with Crippen LogP contribution in [0.4, 0.5) is 5.69 Å². The Morgan fingerprint density at radius 3 is 2.36 bits per heavy atom. The fourth-order valence-electron chi connectivity index (χ4n) is 1.93. The Kier molecular flexibility index (Phi) is 5.64. The monoisotopic (exact) mass is 333 g/mol. The topological polar surface area (TPSA) is 29.1 Å². The van der Waals surface area contributed by atoms with Gasteiger partial charge >= 0.3 is 0 Å². The van der Waals surface area contributed by atoms with Gasteiger partial charge in [0.2, 0.25) is 5.91 Å². The van der Waals surface area contributed by atoms with Crippen molar-refractivity contribution in [3.63, 3.8) is 0 Å². The number of halogens is 2. The van der Waals surface area contributed by atoms with Crippen molar-refractivity contribution in [1.82, 2.24) is 0 Å². The number of anilines is 1. The summed E-state index contributed by atoms with van der Waals surface area (Å²) in [6.07, 6.45) is 3.25. The number of nitrogens with one attached hydrogen (secondary N) is 1. The molecule has 2 nitrogen and oxygen atoms in total. The number of amides is 1. The third kappa shape index (κ3) is 4.62. The second kappa shape index (κ2) is 7.48. The highest BCUT2D eigenvalue weighted by Crippen LogP contribution is 2.25. The quantitative estimate of drug-likeness (QED) is 0.707. The summed E-state index contributed by atoms with van der Waals surface area (Å²) in [5.41, 5.74) is 2.78. The normalized spacial score (nSPS) is 11.1. The van der Waals surface area contributed by atoms with Gasteiger partial charge in [-0.05, 0) is 41.3 Å². The van der Waals surface area contributed by atoms with Crippen LogP contribution in [0.15, 0.2) is 48.5 Å². The van der Waals surface area contributed by atoms with Gasteiger partial charge in [-0.25, -0.2) is 0 Å². The first-order valence-electron chi connectivity index (χ1n) is 7.00. The van der Waals surface area contributed by atoms with Crippen LogP contribution in [0.5, 0.6) is 0 Å². The molecule has 0 aliphatic rings. The van der Waals surface area contributed by atoms with Crippen LogP contribution in [0.2, 0.25) is 10.0 Å². The van der Waals surface area contributed by atoms with Crippen molar-refractivity contribution < 1.29 is 4.79 Å². The first kappa shape index (κ1) is 16.6. The van der Waals surface area contributed by atoms with Crippen LogP contribution in [0.25, 0.3) is 6.08 Å². The molecule has 0 atom stereocenters. The van der Waals surface area contributed by atoms with Crippen molar-refractivity contribution in [3.05, 3.63) is 69.7 Å². The predicted molar refractivity (Wildman–Crippen MR) is 94.7 cm³/mol. The van der Waals surface area contributed by atoms with E-state index in [-0.39, 0.29) is 5.91 Å². The van der Waals surface area contributed by atoms with Crippen LogP contribution in [0.1, 0.15) is 30.9 Å². The van der Waals surface area contributed by atoms with E-state index >= 15 is 0 Å². The lowest BCUT2D eigenvalue weighted by molar-refractivity contribution is -0.111. The second-order valence-corrected chi connectivity index (χ2v) is 6.11. The summed E-state index contributed by atoms with van der Waals surface area (Å²) in [5.74, 6) is 0.255. The van der Waals surface area contributed by atoms with Crippen molar-refractivity contribution in [2.75, 3.05) is 5.32 Å². The number of hydrogen-bond donors (Lipinski definition) is 1. The molecule has 22 heavy (non-hydrogen) atoms. The molecular weight excluding hydrogens is 317 g/mol. The number of benzene rings is 2. The van der Waals surface area contributed by atoms with Crippen LogP contribution in [-0.4, -0.2) is 5.91 Å². The minimum absolute atomic E-state index is 0.239. The number of carbonyl (C=O) groups excluding carboxylic acids is 1. The third-order valence-electron chi connectivity index (χ3n) is 3.22. The number of hydrogen-bond acceptors (Lipinski definition) is 1. The molecule has 0 radical (unpaired) electrons. The van der Waals surface area contributed by atoms with Gasteiger partial charge in [0.1, 0.15) is 0 Å².